The predicted octanol–water partition coefficient (Wildman–Crippen LogP) is 3.87. The monoisotopic (exact) mass is 474 g/mol. The van der Waals surface area contributed by atoms with Crippen LogP contribution in [0.1, 0.15) is 42.7 Å². The van der Waals surface area contributed by atoms with E-state index in [2.05, 4.69) is 29.6 Å². The van der Waals surface area contributed by atoms with Crippen molar-refractivity contribution < 1.29 is 24.2 Å². The first-order valence-corrected chi connectivity index (χ1v) is 12.6. The first-order chi connectivity index (χ1) is 17.0. The molecule has 1 aliphatic heterocycles. The quantitative estimate of drug-likeness (QED) is 0.686. The fourth-order valence-corrected chi connectivity index (χ4v) is 6.81. The van der Waals surface area contributed by atoms with Gasteiger partial charge in [0.25, 0.3) is 0 Å². The summed E-state index contributed by atoms with van der Waals surface area (Å²) in [5.74, 6) is -0.469. The molecule has 0 aromatic heterocycles. The molecule has 0 radical (unpaired) electrons. The number of ether oxygens (including phenoxy) is 1. The Kier molecular flexibility index (Phi) is 5.50. The van der Waals surface area contributed by atoms with Gasteiger partial charge in [-0.25, -0.2) is 4.79 Å². The van der Waals surface area contributed by atoms with Gasteiger partial charge in [-0.2, -0.15) is 0 Å². The average molecular weight is 475 g/mol. The number of amides is 2. The lowest BCUT2D eigenvalue weighted by molar-refractivity contribution is -0.141. The summed E-state index contributed by atoms with van der Waals surface area (Å²) in [6.07, 6.45) is 2.60. The highest BCUT2D eigenvalue weighted by molar-refractivity contribution is 5.81. The minimum atomic E-state index is -0.820. The van der Waals surface area contributed by atoms with E-state index in [-0.39, 0.29) is 23.8 Å². The molecule has 3 fully saturated rings. The van der Waals surface area contributed by atoms with Crippen LogP contribution in [0.3, 0.4) is 0 Å². The Morgan fingerprint density at radius 2 is 1.63 bits per heavy atom. The van der Waals surface area contributed by atoms with Crippen LogP contribution in [-0.4, -0.2) is 53.7 Å². The molecule has 0 bridgehead atoms. The molecule has 0 spiro atoms. The summed E-state index contributed by atoms with van der Waals surface area (Å²) in [4.78, 5) is 38.6. The van der Waals surface area contributed by atoms with Gasteiger partial charge in [0, 0.05) is 31.0 Å². The largest absolute Gasteiger partial charge is 0.481 e. The minimum absolute atomic E-state index is 0.0332. The van der Waals surface area contributed by atoms with Gasteiger partial charge in [0.1, 0.15) is 6.61 Å². The van der Waals surface area contributed by atoms with Crippen molar-refractivity contribution in [2.75, 3.05) is 19.7 Å². The van der Waals surface area contributed by atoms with E-state index in [9.17, 15) is 19.5 Å². The Morgan fingerprint density at radius 1 is 0.943 bits per heavy atom. The molecule has 2 aromatic carbocycles. The molecule has 35 heavy (non-hydrogen) atoms. The zero-order valence-corrected chi connectivity index (χ0v) is 19.6. The summed E-state index contributed by atoms with van der Waals surface area (Å²) < 4.78 is 5.70. The third-order valence-corrected chi connectivity index (χ3v) is 8.67. The van der Waals surface area contributed by atoms with Crippen LogP contribution in [0.2, 0.25) is 0 Å². The number of hydrogen-bond donors (Lipinski definition) is 2. The van der Waals surface area contributed by atoms with Gasteiger partial charge >= 0.3 is 12.1 Å². The van der Waals surface area contributed by atoms with Gasteiger partial charge in [-0.1, -0.05) is 48.5 Å². The van der Waals surface area contributed by atoms with Crippen LogP contribution < -0.4 is 5.32 Å². The van der Waals surface area contributed by atoms with Gasteiger partial charge in [0.2, 0.25) is 5.91 Å². The van der Waals surface area contributed by atoms with E-state index in [1.165, 1.54) is 22.3 Å². The number of carboxylic acid groups (broad SMARTS) is 1. The number of alkyl carbamates (subject to hydrolysis) is 1. The standard InChI is InChI=1S/C28H30N2O5/c31-26(30-10-9-16(14-30)27(32)33)18-11-17-13-25(23(17)12-18)29-28(34)35-15-24-21-7-3-1-5-19(21)20-6-2-4-8-22(20)24/h1-8,16-18,23-25H,9-15H2,(H,29,34)(H,32,33)/t16?,17-,18?,23-,25+/m0/s1. The summed E-state index contributed by atoms with van der Waals surface area (Å²) in [5, 5.41) is 12.3. The molecule has 3 aliphatic carbocycles. The van der Waals surface area contributed by atoms with E-state index in [0.29, 0.717) is 38.0 Å². The van der Waals surface area contributed by atoms with E-state index >= 15 is 0 Å². The number of carboxylic acids is 1. The second kappa shape index (κ2) is 8.70. The van der Waals surface area contributed by atoms with Crippen LogP contribution in [0, 0.1) is 23.7 Å². The molecule has 2 unspecified atom stereocenters. The van der Waals surface area contributed by atoms with Crippen LogP contribution >= 0.6 is 0 Å². The summed E-state index contributed by atoms with van der Waals surface area (Å²) in [7, 11) is 0. The van der Waals surface area contributed by atoms with E-state index in [0.717, 1.165) is 19.3 Å². The number of fused-ring (bicyclic) bond motifs is 4. The van der Waals surface area contributed by atoms with Crippen molar-refractivity contribution in [3.05, 3.63) is 59.7 Å². The molecule has 6 rings (SSSR count). The molecule has 2 aromatic rings. The highest BCUT2D eigenvalue weighted by Gasteiger charge is 2.51. The third-order valence-electron chi connectivity index (χ3n) is 8.67. The number of carbonyl (C=O) groups excluding carboxylic acids is 2. The van der Waals surface area contributed by atoms with Gasteiger partial charge in [0.15, 0.2) is 0 Å². The van der Waals surface area contributed by atoms with Crippen LogP contribution in [-0.2, 0) is 14.3 Å². The number of likely N-dealkylation sites (tertiary alicyclic amines) is 1. The first-order valence-electron chi connectivity index (χ1n) is 12.6. The van der Waals surface area contributed by atoms with Crippen molar-refractivity contribution in [1.29, 1.82) is 0 Å². The number of rotatable bonds is 5. The van der Waals surface area contributed by atoms with E-state index in [4.69, 9.17) is 4.74 Å². The van der Waals surface area contributed by atoms with Gasteiger partial charge in [-0.05, 0) is 59.8 Å². The maximum atomic E-state index is 12.9. The Labute approximate surface area is 204 Å². The lowest BCUT2D eigenvalue weighted by atomic mass is 9.71. The molecular weight excluding hydrogens is 444 g/mol. The van der Waals surface area contributed by atoms with Crippen molar-refractivity contribution in [3.63, 3.8) is 0 Å². The number of aliphatic carboxylic acids is 1. The van der Waals surface area contributed by atoms with Crippen molar-refractivity contribution in [3.8, 4) is 11.1 Å². The molecule has 1 saturated heterocycles. The molecule has 7 nitrogen and oxygen atoms in total. The molecule has 4 aliphatic rings. The molecular formula is C28H30N2O5. The topological polar surface area (TPSA) is 95.9 Å². The van der Waals surface area contributed by atoms with Crippen LogP contribution in [0.15, 0.2) is 48.5 Å². The summed E-state index contributed by atoms with van der Waals surface area (Å²) >= 11 is 0. The van der Waals surface area contributed by atoms with Gasteiger partial charge in [0.05, 0.1) is 5.92 Å². The van der Waals surface area contributed by atoms with Crippen molar-refractivity contribution >= 4 is 18.0 Å². The van der Waals surface area contributed by atoms with Gasteiger partial charge < -0.3 is 20.1 Å². The lowest BCUT2D eigenvalue weighted by Gasteiger charge is -2.40. The van der Waals surface area contributed by atoms with Crippen molar-refractivity contribution in [1.82, 2.24) is 10.2 Å². The SMILES string of the molecule is O=C(N[C@@H]1C[C@@H]2CC(C(=O)N3CCC(C(=O)O)C3)C[C@@H]21)OCC1c2ccccc2-c2ccccc21. The highest BCUT2D eigenvalue weighted by Crippen LogP contribution is 2.50. The van der Waals surface area contributed by atoms with Gasteiger partial charge in [-0.3, -0.25) is 9.59 Å². The Bertz CT molecular complexity index is 1130. The first kappa shape index (κ1) is 22.1. The number of hydrogen-bond acceptors (Lipinski definition) is 4. The smallest absolute Gasteiger partial charge is 0.407 e. The molecule has 7 heteroatoms. The van der Waals surface area contributed by atoms with E-state index in [1.54, 1.807) is 4.90 Å². The number of benzene rings is 2. The number of nitrogens with one attached hydrogen (secondary N) is 1. The fourth-order valence-electron chi connectivity index (χ4n) is 6.81. The highest BCUT2D eigenvalue weighted by atomic mass is 16.5. The fraction of sp³-hybridized carbons (Fsp3) is 0.464. The second-order valence-corrected chi connectivity index (χ2v) is 10.5. The molecule has 182 valence electrons. The zero-order chi connectivity index (χ0) is 24.1. The molecule has 2 amide bonds. The van der Waals surface area contributed by atoms with Crippen molar-refractivity contribution in [2.24, 2.45) is 23.7 Å². The zero-order valence-electron chi connectivity index (χ0n) is 19.6. The normalized spacial score (nSPS) is 28.6. The maximum Gasteiger partial charge on any atom is 0.407 e. The molecule has 2 N–H and O–H groups in total. The van der Waals surface area contributed by atoms with E-state index in [1.807, 2.05) is 24.3 Å². The molecule has 1 heterocycles. The van der Waals surface area contributed by atoms with Crippen molar-refractivity contribution in [2.45, 2.75) is 37.6 Å². The summed E-state index contributed by atoms with van der Waals surface area (Å²) in [5.41, 5.74) is 4.78. The Morgan fingerprint density at radius 3 is 2.29 bits per heavy atom. The minimum Gasteiger partial charge on any atom is -0.481 e. The average Bonchev–Trinajstić information content (AvgIpc) is 3.56. The van der Waals surface area contributed by atoms with Crippen LogP contribution in [0.5, 0.6) is 0 Å². The lowest BCUT2D eigenvalue weighted by Crippen LogP contribution is -2.50. The van der Waals surface area contributed by atoms with Crippen LogP contribution in [0.4, 0.5) is 4.79 Å². The number of carbonyl (C=O) groups is 3. The van der Waals surface area contributed by atoms with Gasteiger partial charge in [-0.15, -0.1) is 0 Å². The predicted molar refractivity (Wildman–Crippen MR) is 129 cm³/mol. The Hall–Kier alpha value is -3.35. The second-order valence-electron chi connectivity index (χ2n) is 10.5. The molecule has 2 saturated carbocycles. The molecule has 5 atom stereocenters. The Balaban J connectivity index is 1.02. The maximum absolute atomic E-state index is 12.9. The number of nitrogens with zero attached hydrogens (tertiary/aromatic N) is 1. The third kappa shape index (κ3) is 3.87. The summed E-state index contributed by atoms with van der Waals surface area (Å²) in [6.45, 7) is 1.14. The van der Waals surface area contributed by atoms with E-state index < -0.39 is 18.0 Å². The summed E-state index contributed by atoms with van der Waals surface area (Å²) in [6, 6.07) is 16.6. The van der Waals surface area contributed by atoms with Crippen LogP contribution in [0.25, 0.3) is 11.1 Å².